The standard InChI is InChI=1S/C13H12F2N2O2S2/c14-13(15)20-12-4-2-1-3-11(12)17-21(18,19)10-7-5-9(16)6-8-10/h1-8,13,17H,16H2. The van der Waals surface area contributed by atoms with E-state index >= 15 is 0 Å². The number of halogens is 2. The Bertz CT molecular complexity index is 719. The number of sulfonamides is 1. The molecule has 0 aliphatic heterocycles. The molecule has 3 N–H and O–H groups in total. The van der Waals surface area contributed by atoms with E-state index in [4.69, 9.17) is 5.73 Å². The number of alkyl halides is 2. The van der Waals surface area contributed by atoms with Crippen LogP contribution in [0.5, 0.6) is 0 Å². The maximum absolute atomic E-state index is 12.5. The molecule has 0 heterocycles. The molecule has 8 heteroatoms. The van der Waals surface area contributed by atoms with Crippen LogP contribution in [-0.2, 0) is 10.0 Å². The van der Waals surface area contributed by atoms with Crippen molar-refractivity contribution in [2.45, 2.75) is 15.5 Å². The first-order chi connectivity index (χ1) is 9.88. The predicted molar refractivity (Wildman–Crippen MR) is 80.0 cm³/mol. The van der Waals surface area contributed by atoms with E-state index in [9.17, 15) is 17.2 Å². The van der Waals surface area contributed by atoms with Gasteiger partial charge in [0, 0.05) is 10.6 Å². The molecule has 0 fully saturated rings. The lowest BCUT2D eigenvalue weighted by atomic mass is 10.3. The molecule has 0 aromatic heterocycles. The van der Waals surface area contributed by atoms with Gasteiger partial charge in [0.1, 0.15) is 0 Å². The van der Waals surface area contributed by atoms with E-state index in [1.165, 1.54) is 36.4 Å². The van der Waals surface area contributed by atoms with E-state index in [-0.39, 0.29) is 27.2 Å². The van der Waals surface area contributed by atoms with Crippen LogP contribution in [0.1, 0.15) is 0 Å². The molecule has 2 aromatic carbocycles. The average Bonchev–Trinajstić information content (AvgIpc) is 2.40. The number of anilines is 2. The summed E-state index contributed by atoms with van der Waals surface area (Å²) in [7, 11) is -3.85. The summed E-state index contributed by atoms with van der Waals surface area (Å²) in [6.07, 6.45) is 0. The van der Waals surface area contributed by atoms with Gasteiger partial charge in [0.05, 0.1) is 10.6 Å². The number of hydrogen-bond donors (Lipinski definition) is 2. The second-order valence-electron chi connectivity index (χ2n) is 4.05. The SMILES string of the molecule is Nc1ccc(S(=O)(=O)Nc2ccccc2SC(F)F)cc1. The van der Waals surface area contributed by atoms with E-state index in [1.54, 1.807) is 12.1 Å². The third-order valence-electron chi connectivity index (χ3n) is 2.54. The molecule has 0 bridgehead atoms. The second-order valence-corrected chi connectivity index (χ2v) is 6.76. The molecule has 0 aliphatic carbocycles. The molecule has 0 radical (unpaired) electrons. The molecule has 21 heavy (non-hydrogen) atoms. The highest BCUT2D eigenvalue weighted by Gasteiger charge is 2.17. The van der Waals surface area contributed by atoms with Crippen molar-refractivity contribution < 1.29 is 17.2 Å². The summed E-state index contributed by atoms with van der Waals surface area (Å²) in [5, 5.41) is 0. The van der Waals surface area contributed by atoms with Crippen molar-refractivity contribution in [3.8, 4) is 0 Å². The van der Waals surface area contributed by atoms with Crippen LogP contribution >= 0.6 is 11.8 Å². The highest BCUT2D eigenvalue weighted by Crippen LogP contribution is 2.32. The molecule has 0 aliphatic rings. The van der Waals surface area contributed by atoms with Crippen LogP contribution in [0.3, 0.4) is 0 Å². The van der Waals surface area contributed by atoms with Crippen LogP contribution in [0.25, 0.3) is 0 Å². The molecule has 2 aromatic rings. The first kappa shape index (κ1) is 15.6. The Morgan fingerprint density at radius 2 is 1.67 bits per heavy atom. The number of thioether (sulfide) groups is 1. The van der Waals surface area contributed by atoms with Crippen LogP contribution in [0, 0.1) is 0 Å². The van der Waals surface area contributed by atoms with Gasteiger partial charge in [-0.1, -0.05) is 23.9 Å². The van der Waals surface area contributed by atoms with Gasteiger partial charge in [-0.3, -0.25) is 4.72 Å². The van der Waals surface area contributed by atoms with Gasteiger partial charge in [-0.05, 0) is 36.4 Å². The number of nitrogens with one attached hydrogen (secondary N) is 1. The molecule has 112 valence electrons. The minimum absolute atomic E-state index is 0.00792. The molecule has 0 amide bonds. The summed E-state index contributed by atoms with van der Waals surface area (Å²) < 4.78 is 51.7. The largest absolute Gasteiger partial charge is 0.399 e. The zero-order chi connectivity index (χ0) is 15.5. The molecule has 0 spiro atoms. The van der Waals surface area contributed by atoms with Gasteiger partial charge in [0.15, 0.2) is 0 Å². The number of nitrogen functional groups attached to an aromatic ring is 1. The molecule has 0 saturated heterocycles. The zero-order valence-electron chi connectivity index (χ0n) is 10.7. The summed E-state index contributed by atoms with van der Waals surface area (Å²) in [5.74, 6) is -2.63. The summed E-state index contributed by atoms with van der Waals surface area (Å²) in [6.45, 7) is 0. The smallest absolute Gasteiger partial charge is 0.288 e. The number of rotatable bonds is 5. The van der Waals surface area contributed by atoms with Crippen molar-refractivity contribution in [1.29, 1.82) is 0 Å². The fraction of sp³-hybridized carbons (Fsp3) is 0.0769. The summed E-state index contributed by atoms with van der Waals surface area (Å²) in [5.41, 5.74) is 6.04. The highest BCUT2D eigenvalue weighted by molar-refractivity contribution is 7.99. The Kier molecular flexibility index (Phi) is 4.69. The van der Waals surface area contributed by atoms with Crippen LogP contribution < -0.4 is 10.5 Å². The molecule has 0 atom stereocenters. The van der Waals surface area contributed by atoms with Crippen molar-refractivity contribution >= 4 is 33.2 Å². The van der Waals surface area contributed by atoms with E-state index in [2.05, 4.69) is 4.72 Å². The maximum atomic E-state index is 12.5. The van der Waals surface area contributed by atoms with Gasteiger partial charge in [0.25, 0.3) is 15.8 Å². The van der Waals surface area contributed by atoms with Crippen LogP contribution in [0.15, 0.2) is 58.3 Å². The summed E-state index contributed by atoms with van der Waals surface area (Å²) >= 11 is 0.283. The zero-order valence-corrected chi connectivity index (χ0v) is 12.3. The van der Waals surface area contributed by atoms with Gasteiger partial charge in [0.2, 0.25) is 0 Å². The third-order valence-corrected chi connectivity index (χ3v) is 4.71. The summed E-state index contributed by atoms with van der Waals surface area (Å²) in [4.78, 5) is 0.167. The average molecular weight is 330 g/mol. The van der Waals surface area contributed by atoms with E-state index < -0.39 is 15.8 Å². The Balaban J connectivity index is 2.30. The molecular weight excluding hydrogens is 318 g/mol. The Hall–Kier alpha value is -1.80. The van der Waals surface area contributed by atoms with Crippen molar-refractivity contribution in [2.75, 3.05) is 10.5 Å². The van der Waals surface area contributed by atoms with Crippen LogP contribution in [0.2, 0.25) is 0 Å². The van der Waals surface area contributed by atoms with E-state index in [0.29, 0.717) is 5.69 Å². The number of nitrogens with two attached hydrogens (primary N) is 1. The van der Waals surface area contributed by atoms with Gasteiger partial charge < -0.3 is 5.73 Å². The van der Waals surface area contributed by atoms with E-state index in [1.807, 2.05) is 0 Å². The number of para-hydroxylation sites is 1. The van der Waals surface area contributed by atoms with Crippen LogP contribution in [-0.4, -0.2) is 14.2 Å². The Morgan fingerprint density at radius 1 is 1.05 bits per heavy atom. The summed E-state index contributed by atoms with van der Waals surface area (Å²) in [6, 6.07) is 11.6. The number of hydrogen-bond acceptors (Lipinski definition) is 4. The Morgan fingerprint density at radius 3 is 2.29 bits per heavy atom. The van der Waals surface area contributed by atoms with Crippen molar-refractivity contribution in [1.82, 2.24) is 0 Å². The van der Waals surface area contributed by atoms with Gasteiger partial charge in [-0.2, -0.15) is 8.78 Å². The van der Waals surface area contributed by atoms with Crippen LogP contribution in [0.4, 0.5) is 20.2 Å². The predicted octanol–water partition coefficient (Wildman–Crippen LogP) is 3.38. The van der Waals surface area contributed by atoms with Gasteiger partial charge >= 0.3 is 0 Å². The molecule has 2 rings (SSSR count). The molecular formula is C13H12F2N2O2S2. The normalized spacial score (nSPS) is 11.6. The molecule has 0 unspecified atom stereocenters. The van der Waals surface area contributed by atoms with Crippen molar-refractivity contribution in [3.05, 3.63) is 48.5 Å². The number of benzene rings is 2. The van der Waals surface area contributed by atoms with Gasteiger partial charge in [-0.25, -0.2) is 8.42 Å². The van der Waals surface area contributed by atoms with E-state index in [0.717, 1.165) is 0 Å². The fourth-order valence-electron chi connectivity index (χ4n) is 1.60. The minimum atomic E-state index is -3.85. The second kappa shape index (κ2) is 6.31. The van der Waals surface area contributed by atoms with Crippen molar-refractivity contribution in [2.24, 2.45) is 0 Å². The monoisotopic (exact) mass is 330 g/mol. The van der Waals surface area contributed by atoms with Gasteiger partial charge in [-0.15, -0.1) is 0 Å². The minimum Gasteiger partial charge on any atom is -0.399 e. The fourth-order valence-corrected chi connectivity index (χ4v) is 3.34. The lowest BCUT2D eigenvalue weighted by molar-refractivity contribution is 0.252. The topological polar surface area (TPSA) is 72.2 Å². The lowest BCUT2D eigenvalue weighted by Gasteiger charge is -2.12. The quantitative estimate of drug-likeness (QED) is 0.651. The van der Waals surface area contributed by atoms with Crippen molar-refractivity contribution in [3.63, 3.8) is 0 Å². The third kappa shape index (κ3) is 4.08. The Labute approximate surface area is 125 Å². The molecule has 0 saturated carbocycles. The molecule has 4 nitrogen and oxygen atoms in total. The first-order valence-corrected chi connectivity index (χ1v) is 8.17. The first-order valence-electron chi connectivity index (χ1n) is 5.81. The highest BCUT2D eigenvalue weighted by atomic mass is 32.2. The maximum Gasteiger partial charge on any atom is 0.288 e. The lowest BCUT2D eigenvalue weighted by Crippen LogP contribution is -2.13.